The van der Waals surface area contributed by atoms with E-state index in [9.17, 15) is 4.79 Å². The third kappa shape index (κ3) is 3.18. The van der Waals surface area contributed by atoms with Crippen LogP contribution in [0, 0.1) is 0 Å². The zero-order valence-corrected chi connectivity index (χ0v) is 15.2. The fraction of sp³-hybridized carbons (Fsp3) is 0.286. The molecule has 0 radical (unpaired) electrons. The second-order valence-corrected chi connectivity index (χ2v) is 6.29. The number of fused-ring (bicyclic) bond motifs is 1. The lowest BCUT2D eigenvalue weighted by Crippen LogP contribution is -2.56. The van der Waals surface area contributed by atoms with Crippen molar-refractivity contribution in [2.45, 2.75) is 12.6 Å². The smallest absolute Gasteiger partial charge is 0.258 e. The molecule has 0 spiro atoms. The summed E-state index contributed by atoms with van der Waals surface area (Å²) in [5.74, 6) is 0.689. The lowest BCUT2D eigenvalue weighted by Gasteiger charge is -2.47. The van der Waals surface area contributed by atoms with Crippen LogP contribution in [0.15, 0.2) is 61.2 Å². The van der Waals surface area contributed by atoms with Crippen molar-refractivity contribution in [2.24, 2.45) is 0 Å². The molecule has 0 saturated heterocycles. The number of nitrogens with zero attached hydrogens (tertiary/aromatic N) is 1. The number of anilines is 1. The first-order chi connectivity index (χ1) is 12.6. The summed E-state index contributed by atoms with van der Waals surface area (Å²) in [5, 5.41) is 3.54. The molecule has 0 bridgehead atoms. The second-order valence-electron chi connectivity index (χ2n) is 6.29. The molecule has 1 unspecified atom stereocenters. The van der Waals surface area contributed by atoms with E-state index in [4.69, 9.17) is 9.47 Å². The molecule has 5 nitrogen and oxygen atoms in total. The van der Waals surface area contributed by atoms with E-state index in [2.05, 4.69) is 11.9 Å². The standard InChI is InChI=1S/C21H24N2O3/c1-4-14-26-19-12-8-6-10-17(19)21(2)22-18-11-7-5-9-16(18)20(24)23(21)13-15-25-3/h4-12,22H,1,13-15H2,2-3H3. The number of hydrogen-bond acceptors (Lipinski definition) is 4. The third-order valence-corrected chi connectivity index (χ3v) is 4.61. The molecule has 1 N–H and O–H groups in total. The number of amides is 1. The molecule has 0 saturated carbocycles. The van der Waals surface area contributed by atoms with Crippen molar-refractivity contribution < 1.29 is 14.3 Å². The summed E-state index contributed by atoms with van der Waals surface area (Å²) in [5.41, 5.74) is 1.60. The van der Waals surface area contributed by atoms with E-state index in [1.54, 1.807) is 18.1 Å². The molecule has 1 amide bonds. The van der Waals surface area contributed by atoms with E-state index in [0.717, 1.165) is 17.0 Å². The highest BCUT2D eigenvalue weighted by atomic mass is 16.5. The summed E-state index contributed by atoms with van der Waals surface area (Å²) in [6, 6.07) is 15.3. The highest BCUT2D eigenvalue weighted by molar-refractivity contribution is 6.02. The third-order valence-electron chi connectivity index (χ3n) is 4.61. The van der Waals surface area contributed by atoms with E-state index in [1.807, 2.05) is 55.5 Å². The van der Waals surface area contributed by atoms with Crippen LogP contribution in [0.5, 0.6) is 5.75 Å². The molecule has 1 heterocycles. The molecule has 2 aromatic rings. The molecule has 5 heteroatoms. The molecule has 0 aliphatic carbocycles. The first kappa shape index (κ1) is 18.0. The molecular formula is C21H24N2O3. The van der Waals surface area contributed by atoms with Crippen molar-refractivity contribution in [1.82, 2.24) is 4.90 Å². The van der Waals surface area contributed by atoms with Crippen molar-refractivity contribution in [3.8, 4) is 5.75 Å². The van der Waals surface area contributed by atoms with Gasteiger partial charge in [-0.2, -0.15) is 0 Å². The number of carbonyl (C=O) groups is 1. The molecule has 0 aromatic heterocycles. The summed E-state index contributed by atoms with van der Waals surface area (Å²) < 4.78 is 11.1. The van der Waals surface area contributed by atoms with Gasteiger partial charge in [-0.15, -0.1) is 0 Å². The molecular weight excluding hydrogens is 328 g/mol. The molecule has 1 aliphatic heterocycles. The Morgan fingerprint density at radius 1 is 1.19 bits per heavy atom. The fourth-order valence-corrected chi connectivity index (χ4v) is 3.32. The molecule has 0 fully saturated rings. The topological polar surface area (TPSA) is 50.8 Å². The van der Waals surface area contributed by atoms with Crippen LogP contribution in [0.2, 0.25) is 0 Å². The minimum atomic E-state index is -0.762. The van der Waals surface area contributed by atoms with Gasteiger partial charge in [0.25, 0.3) is 5.91 Å². The summed E-state index contributed by atoms with van der Waals surface area (Å²) in [6.07, 6.45) is 1.70. The van der Waals surface area contributed by atoms with Gasteiger partial charge >= 0.3 is 0 Å². The van der Waals surface area contributed by atoms with Crippen LogP contribution in [0.1, 0.15) is 22.8 Å². The number of methoxy groups -OCH3 is 1. The van der Waals surface area contributed by atoms with E-state index in [-0.39, 0.29) is 5.91 Å². The first-order valence-corrected chi connectivity index (χ1v) is 8.63. The van der Waals surface area contributed by atoms with Crippen molar-refractivity contribution in [3.05, 3.63) is 72.3 Å². The highest BCUT2D eigenvalue weighted by Gasteiger charge is 2.43. The summed E-state index contributed by atoms with van der Waals surface area (Å²) in [4.78, 5) is 15.0. The molecule has 26 heavy (non-hydrogen) atoms. The van der Waals surface area contributed by atoms with Crippen LogP contribution in [0.3, 0.4) is 0 Å². The average molecular weight is 352 g/mol. The molecule has 2 aromatic carbocycles. The zero-order valence-electron chi connectivity index (χ0n) is 15.2. The Hall–Kier alpha value is -2.79. The Morgan fingerprint density at radius 2 is 1.92 bits per heavy atom. The van der Waals surface area contributed by atoms with Gasteiger partial charge in [0.1, 0.15) is 18.0 Å². The fourth-order valence-electron chi connectivity index (χ4n) is 3.32. The second kappa shape index (κ2) is 7.62. The van der Waals surface area contributed by atoms with Gasteiger partial charge in [0.05, 0.1) is 12.2 Å². The van der Waals surface area contributed by atoms with E-state index < -0.39 is 5.66 Å². The van der Waals surface area contributed by atoms with Crippen molar-refractivity contribution in [1.29, 1.82) is 0 Å². The van der Waals surface area contributed by atoms with Crippen molar-refractivity contribution >= 4 is 11.6 Å². The molecule has 1 atom stereocenters. The van der Waals surface area contributed by atoms with Gasteiger partial charge in [0, 0.05) is 24.9 Å². The number of para-hydroxylation sites is 2. The lowest BCUT2D eigenvalue weighted by molar-refractivity contribution is 0.0432. The predicted octanol–water partition coefficient (Wildman–Crippen LogP) is 3.64. The first-order valence-electron chi connectivity index (χ1n) is 8.63. The Labute approximate surface area is 154 Å². The van der Waals surface area contributed by atoms with Crippen molar-refractivity contribution in [2.75, 3.05) is 32.2 Å². The van der Waals surface area contributed by atoms with Crippen LogP contribution in [0.25, 0.3) is 0 Å². The maximum absolute atomic E-state index is 13.2. The van der Waals surface area contributed by atoms with Crippen molar-refractivity contribution in [3.63, 3.8) is 0 Å². The average Bonchev–Trinajstić information content (AvgIpc) is 2.66. The predicted molar refractivity (Wildman–Crippen MR) is 102 cm³/mol. The van der Waals surface area contributed by atoms with Crippen LogP contribution < -0.4 is 10.1 Å². The minimum Gasteiger partial charge on any atom is -0.489 e. The molecule has 3 rings (SSSR count). The van der Waals surface area contributed by atoms with Gasteiger partial charge in [-0.1, -0.05) is 43.0 Å². The molecule has 1 aliphatic rings. The Morgan fingerprint density at radius 3 is 2.69 bits per heavy atom. The van der Waals surface area contributed by atoms with E-state index in [0.29, 0.717) is 25.3 Å². The maximum atomic E-state index is 13.2. The summed E-state index contributed by atoms with van der Waals surface area (Å²) in [6.45, 7) is 7.01. The van der Waals surface area contributed by atoms with Gasteiger partial charge in [-0.05, 0) is 25.1 Å². The number of carbonyl (C=O) groups excluding carboxylic acids is 1. The Bertz CT molecular complexity index is 805. The maximum Gasteiger partial charge on any atom is 0.258 e. The number of hydrogen-bond donors (Lipinski definition) is 1. The largest absolute Gasteiger partial charge is 0.489 e. The van der Waals surface area contributed by atoms with Gasteiger partial charge in [0.2, 0.25) is 0 Å². The number of ether oxygens (including phenoxy) is 2. The normalized spacial score (nSPS) is 18.8. The Kier molecular flexibility index (Phi) is 5.28. The van der Waals surface area contributed by atoms with Crippen LogP contribution in [0.4, 0.5) is 5.69 Å². The van der Waals surface area contributed by atoms with Crippen LogP contribution in [-0.4, -0.2) is 37.7 Å². The van der Waals surface area contributed by atoms with Crippen LogP contribution >= 0.6 is 0 Å². The molecule has 136 valence electrons. The highest BCUT2D eigenvalue weighted by Crippen LogP contribution is 2.41. The van der Waals surface area contributed by atoms with Gasteiger partial charge in [0.15, 0.2) is 0 Å². The summed E-state index contributed by atoms with van der Waals surface area (Å²) >= 11 is 0. The van der Waals surface area contributed by atoms with Crippen LogP contribution in [-0.2, 0) is 10.4 Å². The SMILES string of the molecule is C=CCOc1ccccc1C1(C)Nc2ccccc2C(=O)N1CCOC. The summed E-state index contributed by atoms with van der Waals surface area (Å²) in [7, 11) is 1.63. The van der Waals surface area contributed by atoms with Gasteiger partial charge in [-0.25, -0.2) is 0 Å². The zero-order chi connectivity index (χ0) is 18.6. The van der Waals surface area contributed by atoms with E-state index >= 15 is 0 Å². The number of rotatable bonds is 7. The Balaban J connectivity index is 2.10. The van der Waals surface area contributed by atoms with E-state index in [1.165, 1.54) is 0 Å². The monoisotopic (exact) mass is 352 g/mol. The quantitative estimate of drug-likeness (QED) is 0.773. The number of benzene rings is 2. The minimum absolute atomic E-state index is 0.0302. The van der Waals surface area contributed by atoms with Gasteiger partial charge < -0.3 is 19.7 Å². The van der Waals surface area contributed by atoms with Gasteiger partial charge in [-0.3, -0.25) is 4.79 Å². The number of nitrogens with one attached hydrogen (secondary N) is 1. The lowest BCUT2D eigenvalue weighted by atomic mass is 9.93.